The molecule has 92 valence electrons. The molecule has 0 radical (unpaired) electrons. The molecule has 2 N–H and O–H groups in total. The Morgan fingerprint density at radius 1 is 1.59 bits per heavy atom. The molecule has 1 aromatic rings. The number of ether oxygens (including phenoxy) is 1. The molecule has 5 heteroatoms. The molecular weight excluding hydrogens is 240 g/mol. The number of benzene rings is 1. The van der Waals surface area contributed by atoms with Crippen LogP contribution in [0.3, 0.4) is 0 Å². The van der Waals surface area contributed by atoms with Crippen LogP contribution in [0.2, 0.25) is 5.02 Å². The Labute approximate surface area is 105 Å². The predicted octanol–water partition coefficient (Wildman–Crippen LogP) is 1.41. The molecule has 0 aromatic heterocycles. The van der Waals surface area contributed by atoms with Crippen LogP contribution in [-0.4, -0.2) is 30.5 Å². The maximum atomic E-state index is 11.7. The van der Waals surface area contributed by atoms with Gasteiger partial charge < -0.3 is 15.4 Å². The van der Waals surface area contributed by atoms with Crippen molar-refractivity contribution < 1.29 is 9.53 Å². The van der Waals surface area contributed by atoms with Gasteiger partial charge in [-0.1, -0.05) is 11.6 Å². The van der Waals surface area contributed by atoms with Crippen molar-refractivity contribution in [1.29, 1.82) is 0 Å². The minimum absolute atomic E-state index is 0.0166. The molecule has 1 aliphatic rings. The van der Waals surface area contributed by atoms with E-state index in [1.165, 1.54) is 0 Å². The molecule has 4 nitrogen and oxygen atoms in total. The van der Waals surface area contributed by atoms with Crippen LogP contribution in [0.4, 0.5) is 0 Å². The fraction of sp³-hybridized carbons (Fsp3) is 0.417. The zero-order valence-corrected chi connectivity index (χ0v) is 10.4. The highest BCUT2D eigenvalue weighted by Crippen LogP contribution is 2.25. The summed E-state index contributed by atoms with van der Waals surface area (Å²) < 4.78 is 5.71. The first-order valence-electron chi connectivity index (χ1n) is 5.52. The van der Waals surface area contributed by atoms with Crippen molar-refractivity contribution in [3.8, 4) is 5.75 Å². The fourth-order valence-corrected chi connectivity index (χ4v) is 2.07. The lowest BCUT2D eigenvalue weighted by Crippen LogP contribution is -2.29. The number of likely N-dealkylation sites (N-methyl/N-ethyl adjacent to an activating group) is 1. The summed E-state index contributed by atoms with van der Waals surface area (Å²) in [6, 6.07) is 5.26. The van der Waals surface area contributed by atoms with E-state index in [0.29, 0.717) is 23.7 Å². The van der Waals surface area contributed by atoms with Gasteiger partial charge in [-0.25, -0.2) is 0 Å². The van der Waals surface area contributed by atoms with Crippen LogP contribution in [0.5, 0.6) is 5.75 Å². The van der Waals surface area contributed by atoms with Crippen LogP contribution in [0, 0.1) is 0 Å². The van der Waals surface area contributed by atoms with E-state index < -0.39 is 6.10 Å². The Bertz CT molecular complexity index is 437. The highest BCUT2D eigenvalue weighted by molar-refractivity contribution is 6.30. The van der Waals surface area contributed by atoms with Crippen LogP contribution in [-0.2, 0) is 11.3 Å². The summed E-state index contributed by atoms with van der Waals surface area (Å²) in [5, 5.41) is 0.618. The van der Waals surface area contributed by atoms with Gasteiger partial charge >= 0.3 is 0 Å². The lowest BCUT2D eigenvalue weighted by atomic mass is 10.2. The van der Waals surface area contributed by atoms with Gasteiger partial charge in [0.1, 0.15) is 5.75 Å². The number of hydrogen-bond acceptors (Lipinski definition) is 3. The number of carbonyl (C=O) groups excluding carboxylic acids is 1. The SMILES string of the molecule is CN1CCC(Oc2ccc(Cl)cc2CN)C1=O. The Kier molecular flexibility index (Phi) is 3.54. The molecule has 1 aromatic carbocycles. The molecule has 0 spiro atoms. The number of rotatable bonds is 3. The van der Waals surface area contributed by atoms with Gasteiger partial charge in [0.05, 0.1) is 0 Å². The standard InChI is InChI=1S/C12H15ClN2O2/c1-15-5-4-11(12(15)16)17-10-3-2-9(13)6-8(10)7-14/h2-3,6,11H,4-5,7,14H2,1H3. The third-order valence-electron chi connectivity index (χ3n) is 2.89. The number of carbonyl (C=O) groups is 1. The van der Waals surface area contributed by atoms with Gasteiger partial charge in [0, 0.05) is 37.1 Å². The van der Waals surface area contributed by atoms with Gasteiger partial charge in [0.25, 0.3) is 5.91 Å². The second-order valence-corrected chi connectivity index (χ2v) is 4.55. The monoisotopic (exact) mass is 254 g/mol. The number of hydrogen-bond donors (Lipinski definition) is 1. The molecule has 0 bridgehead atoms. The van der Waals surface area contributed by atoms with Crippen molar-refractivity contribution in [3.05, 3.63) is 28.8 Å². The third kappa shape index (κ3) is 2.53. The maximum Gasteiger partial charge on any atom is 0.263 e. The molecule has 1 atom stereocenters. The number of nitrogens with zero attached hydrogens (tertiary/aromatic N) is 1. The lowest BCUT2D eigenvalue weighted by Gasteiger charge is -2.15. The fourth-order valence-electron chi connectivity index (χ4n) is 1.88. The average molecular weight is 255 g/mol. The topological polar surface area (TPSA) is 55.6 Å². The van der Waals surface area contributed by atoms with Crippen molar-refractivity contribution in [2.24, 2.45) is 5.73 Å². The van der Waals surface area contributed by atoms with E-state index in [1.54, 1.807) is 30.1 Å². The Morgan fingerprint density at radius 3 is 2.94 bits per heavy atom. The van der Waals surface area contributed by atoms with Crippen molar-refractivity contribution in [1.82, 2.24) is 4.90 Å². The smallest absolute Gasteiger partial charge is 0.263 e. The number of amides is 1. The summed E-state index contributed by atoms with van der Waals surface area (Å²) in [4.78, 5) is 13.4. The first-order chi connectivity index (χ1) is 8.11. The zero-order valence-electron chi connectivity index (χ0n) is 9.65. The number of halogens is 1. The van der Waals surface area contributed by atoms with Crippen molar-refractivity contribution in [3.63, 3.8) is 0 Å². The van der Waals surface area contributed by atoms with E-state index in [1.807, 2.05) is 0 Å². The zero-order chi connectivity index (χ0) is 12.4. The minimum Gasteiger partial charge on any atom is -0.480 e. The van der Waals surface area contributed by atoms with Crippen molar-refractivity contribution in [2.75, 3.05) is 13.6 Å². The summed E-state index contributed by atoms with van der Waals surface area (Å²) >= 11 is 5.88. The van der Waals surface area contributed by atoms with Crippen LogP contribution in [0.1, 0.15) is 12.0 Å². The molecule has 1 aliphatic heterocycles. The summed E-state index contributed by atoms with van der Waals surface area (Å²) in [6.07, 6.45) is 0.314. The molecular formula is C12H15ClN2O2. The molecule has 1 amide bonds. The van der Waals surface area contributed by atoms with E-state index in [9.17, 15) is 4.79 Å². The van der Waals surface area contributed by atoms with E-state index in [-0.39, 0.29) is 5.91 Å². The van der Waals surface area contributed by atoms with Gasteiger partial charge in [-0.3, -0.25) is 4.79 Å². The van der Waals surface area contributed by atoms with Crippen molar-refractivity contribution in [2.45, 2.75) is 19.1 Å². The minimum atomic E-state index is -0.397. The second-order valence-electron chi connectivity index (χ2n) is 4.11. The van der Waals surface area contributed by atoms with E-state index >= 15 is 0 Å². The average Bonchev–Trinajstić information content (AvgIpc) is 2.63. The number of likely N-dealkylation sites (tertiary alicyclic amines) is 1. The van der Waals surface area contributed by atoms with Crippen LogP contribution in [0.25, 0.3) is 0 Å². The molecule has 0 aliphatic carbocycles. The van der Waals surface area contributed by atoms with E-state index in [2.05, 4.69) is 0 Å². The van der Waals surface area contributed by atoms with E-state index in [0.717, 1.165) is 12.1 Å². The number of nitrogens with two attached hydrogens (primary N) is 1. The summed E-state index contributed by atoms with van der Waals surface area (Å²) in [5.74, 6) is 0.661. The van der Waals surface area contributed by atoms with Crippen LogP contribution < -0.4 is 10.5 Å². The quantitative estimate of drug-likeness (QED) is 0.887. The Morgan fingerprint density at radius 2 is 2.35 bits per heavy atom. The highest BCUT2D eigenvalue weighted by atomic mass is 35.5. The Balaban J connectivity index is 2.16. The largest absolute Gasteiger partial charge is 0.480 e. The van der Waals surface area contributed by atoms with Gasteiger partial charge in [-0.2, -0.15) is 0 Å². The highest BCUT2D eigenvalue weighted by Gasteiger charge is 2.31. The van der Waals surface area contributed by atoms with Crippen LogP contribution in [0.15, 0.2) is 18.2 Å². The predicted molar refractivity (Wildman–Crippen MR) is 66.0 cm³/mol. The maximum absolute atomic E-state index is 11.7. The lowest BCUT2D eigenvalue weighted by molar-refractivity contribution is -0.132. The second kappa shape index (κ2) is 4.94. The molecule has 17 heavy (non-hydrogen) atoms. The van der Waals surface area contributed by atoms with Crippen molar-refractivity contribution >= 4 is 17.5 Å². The first-order valence-corrected chi connectivity index (χ1v) is 5.89. The van der Waals surface area contributed by atoms with Gasteiger partial charge in [-0.05, 0) is 18.2 Å². The molecule has 1 fully saturated rings. The Hall–Kier alpha value is -1.26. The summed E-state index contributed by atoms with van der Waals surface area (Å²) in [6.45, 7) is 1.07. The van der Waals surface area contributed by atoms with Gasteiger partial charge in [0.15, 0.2) is 6.10 Å². The normalized spacial score (nSPS) is 19.8. The van der Waals surface area contributed by atoms with Gasteiger partial charge in [-0.15, -0.1) is 0 Å². The van der Waals surface area contributed by atoms with Gasteiger partial charge in [0.2, 0.25) is 0 Å². The van der Waals surface area contributed by atoms with Crippen LogP contribution >= 0.6 is 11.6 Å². The van der Waals surface area contributed by atoms with E-state index in [4.69, 9.17) is 22.1 Å². The first kappa shape index (κ1) is 12.2. The molecule has 2 rings (SSSR count). The summed E-state index contributed by atoms with van der Waals surface area (Å²) in [7, 11) is 1.78. The third-order valence-corrected chi connectivity index (χ3v) is 3.13. The molecule has 1 heterocycles. The summed E-state index contributed by atoms with van der Waals surface area (Å²) in [5.41, 5.74) is 6.44. The molecule has 1 saturated heterocycles. The molecule has 0 saturated carbocycles. The molecule has 1 unspecified atom stereocenters.